The molecule has 1 fully saturated rings. The maximum atomic E-state index is 9.30. The minimum Gasteiger partial charge on any atom is -0.497 e. The fourth-order valence-corrected chi connectivity index (χ4v) is 3.12. The van der Waals surface area contributed by atoms with Crippen molar-refractivity contribution in [3.63, 3.8) is 0 Å². The lowest BCUT2D eigenvalue weighted by Gasteiger charge is -2.17. The van der Waals surface area contributed by atoms with Crippen LogP contribution in [-0.2, 0) is 6.42 Å². The van der Waals surface area contributed by atoms with Crippen molar-refractivity contribution in [2.75, 3.05) is 32.6 Å². The van der Waals surface area contributed by atoms with Crippen molar-refractivity contribution in [3.05, 3.63) is 46.9 Å². The molecule has 1 aromatic heterocycles. The summed E-state index contributed by atoms with van der Waals surface area (Å²) in [7, 11) is 3.77. The van der Waals surface area contributed by atoms with E-state index in [1.807, 2.05) is 31.2 Å². The zero-order valence-electron chi connectivity index (χ0n) is 14.9. The molecule has 0 unspecified atom stereocenters. The Kier molecular flexibility index (Phi) is 5.15. The Hall–Kier alpha value is -2.65. The smallest absolute Gasteiger partial charge is 0.162 e. The van der Waals surface area contributed by atoms with Gasteiger partial charge in [0.25, 0.3) is 0 Å². The lowest BCUT2D eigenvalue weighted by molar-refractivity contribution is 0.414. The molecule has 1 aromatic carbocycles. The molecule has 25 heavy (non-hydrogen) atoms. The van der Waals surface area contributed by atoms with E-state index in [2.05, 4.69) is 33.3 Å². The first-order chi connectivity index (χ1) is 12.1. The summed E-state index contributed by atoms with van der Waals surface area (Å²) in [5, 5.41) is 12.8. The minimum absolute atomic E-state index is 0.357. The van der Waals surface area contributed by atoms with E-state index in [1.54, 1.807) is 7.11 Å². The van der Waals surface area contributed by atoms with Gasteiger partial charge in [0.2, 0.25) is 0 Å². The maximum absolute atomic E-state index is 9.30. The van der Waals surface area contributed by atoms with Crippen molar-refractivity contribution in [1.29, 1.82) is 5.26 Å². The second kappa shape index (κ2) is 7.49. The average Bonchev–Trinajstić information content (AvgIpc) is 3.02. The van der Waals surface area contributed by atoms with Crippen LogP contribution in [0.3, 0.4) is 0 Å². The summed E-state index contributed by atoms with van der Waals surface area (Å²) in [6, 6.07) is 10.4. The molecule has 6 nitrogen and oxygen atoms in total. The Balaban J connectivity index is 1.90. The molecule has 1 atom stereocenters. The Morgan fingerprint density at radius 3 is 2.92 bits per heavy atom. The number of anilines is 1. The summed E-state index contributed by atoms with van der Waals surface area (Å²) in [4.78, 5) is 11.5. The molecule has 2 heterocycles. The lowest BCUT2D eigenvalue weighted by Crippen LogP contribution is -2.25. The number of benzene rings is 1. The Labute approximate surface area is 148 Å². The summed E-state index contributed by atoms with van der Waals surface area (Å²) in [5.41, 5.74) is 2.91. The number of rotatable bonds is 5. The highest BCUT2D eigenvalue weighted by Gasteiger charge is 2.22. The third-order valence-electron chi connectivity index (χ3n) is 4.49. The van der Waals surface area contributed by atoms with Crippen LogP contribution in [0.15, 0.2) is 24.3 Å². The van der Waals surface area contributed by atoms with Crippen molar-refractivity contribution in [3.8, 4) is 11.8 Å². The molecule has 130 valence electrons. The van der Waals surface area contributed by atoms with E-state index in [9.17, 15) is 5.26 Å². The molecule has 6 heteroatoms. The Morgan fingerprint density at radius 1 is 1.40 bits per heavy atom. The van der Waals surface area contributed by atoms with Gasteiger partial charge >= 0.3 is 0 Å². The molecular formula is C19H23N5O. The van der Waals surface area contributed by atoms with E-state index in [4.69, 9.17) is 4.74 Å². The average molecular weight is 337 g/mol. The van der Waals surface area contributed by atoms with Crippen LogP contribution >= 0.6 is 0 Å². The molecule has 1 saturated heterocycles. The summed E-state index contributed by atoms with van der Waals surface area (Å²) in [6.45, 7) is 3.89. The lowest BCUT2D eigenvalue weighted by atomic mass is 10.1. The van der Waals surface area contributed by atoms with Crippen LogP contribution in [0.2, 0.25) is 0 Å². The van der Waals surface area contributed by atoms with E-state index in [0.29, 0.717) is 23.9 Å². The predicted molar refractivity (Wildman–Crippen MR) is 96.8 cm³/mol. The first-order valence-corrected chi connectivity index (χ1v) is 8.44. The van der Waals surface area contributed by atoms with Crippen molar-refractivity contribution in [2.45, 2.75) is 25.8 Å². The maximum Gasteiger partial charge on any atom is 0.162 e. The molecule has 0 aliphatic carbocycles. The van der Waals surface area contributed by atoms with Gasteiger partial charge in [0.1, 0.15) is 17.6 Å². The molecule has 0 bridgehead atoms. The second-order valence-electron chi connectivity index (χ2n) is 6.49. The van der Waals surface area contributed by atoms with Crippen LogP contribution in [0.25, 0.3) is 0 Å². The molecule has 2 aromatic rings. The van der Waals surface area contributed by atoms with Gasteiger partial charge in [-0.25, -0.2) is 9.97 Å². The van der Waals surface area contributed by atoms with E-state index in [-0.39, 0.29) is 0 Å². The number of hydrogen-bond donors (Lipinski definition) is 1. The monoisotopic (exact) mass is 337 g/mol. The predicted octanol–water partition coefficient (Wildman–Crippen LogP) is 2.37. The number of likely N-dealkylation sites (tertiary alicyclic amines) is 1. The highest BCUT2D eigenvalue weighted by atomic mass is 16.5. The van der Waals surface area contributed by atoms with Crippen LogP contribution in [0, 0.1) is 18.3 Å². The summed E-state index contributed by atoms with van der Waals surface area (Å²) < 4.78 is 5.30. The van der Waals surface area contributed by atoms with E-state index in [0.717, 1.165) is 42.3 Å². The van der Waals surface area contributed by atoms with Crippen LogP contribution in [-0.4, -0.2) is 48.2 Å². The van der Waals surface area contributed by atoms with Gasteiger partial charge in [-0.05, 0) is 44.6 Å². The third kappa shape index (κ3) is 4.06. The number of nitrogens with one attached hydrogen (secondary N) is 1. The van der Waals surface area contributed by atoms with Gasteiger partial charge < -0.3 is 15.0 Å². The normalized spacial score (nSPS) is 17.3. The molecule has 1 aliphatic rings. The van der Waals surface area contributed by atoms with Crippen LogP contribution in [0.1, 0.15) is 29.1 Å². The highest BCUT2D eigenvalue weighted by Crippen LogP contribution is 2.22. The van der Waals surface area contributed by atoms with Crippen molar-refractivity contribution >= 4 is 5.82 Å². The summed E-state index contributed by atoms with van der Waals surface area (Å²) in [6.07, 6.45) is 1.68. The summed E-state index contributed by atoms with van der Waals surface area (Å²) >= 11 is 0. The molecule has 1 N–H and O–H groups in total. The Morgan fingerprint density at radius 2 is 2.24 bits per heavy atom. The molecule has 0 spiro atoms. The molecule has 1 aliphatic heterocycles. The number of nitriles is 1. The van der Waals surface area contributed by atoms with E-state index in [1.165, 1.54) is 0 Å². The minimum atomic E-state index is 0.357. The number of likely N-dealkylation sites (N-methyl/N-ethyl adjacent to an activating group) is 1. The molecule has 3 rings (SSSR count). The largest absolute Gasteiger partial charge is 0.497 e. The van der Waals surface area contributed by atoms with Gasteiger partial charge in [-0.3, -0.25) is 0 Å². The summed E-state index contributed by atoms with van der Waals surface area (Å²) in [5.74, 6) is 1.59. The van der Waals surface area contributed by atoms with Crippen LogP contribution < -0.4 is 10.1 Å². The number of methoxy groups -OCH3 is 1. The molecule has 0 amide bonds. The second-order valence-corrected chi connectivity index (χ2v) is 6.49. The molecule has 0 saturated carbocycles. The van der Waals surface area contributed by atoms with Gasteiger partial charge in [-0.2, -0.15) is 5.26 Å². The number of aromatic nitrogens is 2. The van der Waals surface area contributed by atoms with Gasteiger partial charge in [0, 0.05) is 19.0 Å². The van der Waals surface area contributed by atoms with Gasteiger partial charge in [-0.1, -0.05) is 12.1 Å². The van der Waals surface area contributed by atoms with Gasteiger partial charge in [-0.15, -0.1) is 0 Å². The topological polar surface area (TPSA) is 74.1 Å². The van der Waals surface area contributed by atoms with E-state index < -0.39 is 0 Å². The number of hydrogen-bond acceptors (Lipinski definition) is 6. The first-order valence-electron chi connectivity index (χ1n) is 8.44. The number of aryl methyl sites for hydroxylation is 1. The Bertz CT molecular complexity index is 799. The highest BCUT2D eigenvalue weighted by molar-refractivity contribution is 5.47. The van der Waals surface area contributed by atoms with E-state index >= 15 is 0 Å². The van der Waals surface area contributed by atoms with Crippen LogP contribution in [0.4, 0.5) is 5.82 Å². The van der Waals surface area contributed by atoms with Crippen molar-refractivity contribution < 1.29 is 4.74 Å². The fraction of sp³-hybridized carbons (Fsp3) is 0.421. The number of nitrogens with zero attached hydrogens (tertiary/aromatic N) is 4. The third-order valence-corrected chi connectivity index (χ3v) is 4.49. The zero-order valence-corrected chi connectivity index (χ0v) is 14.9. The SMILES string of the molecule is COc1cccc(Cc2nc(C#N)c(C)nc2N[C@@H]2CCN(C)C2)c1. The molecule has 0 radical (unpaired) electrons. The van der Waals surface area contributed by atoms with Gasteiger partial charge in [0.15, 0.2) is 5.69 Å². The van der Waals surface area contributed by atoms with Gasteiger partial charge in [0.05, 0.1) is 18.5 Å². The van der Waals surface area contributed by atoms with Crippen molar-refractivity contribution in [2.24, 2.45) is 0 Å². The zero-order chi connectivity index (χ0) is 17.8. The quantitative estimate of drug-likeness (QED) is 0.903. The first kappa shape index (κ1) is 17.2. The van der Waals surface area contributed by atoms with Crippen LogP contribution in [0.5, 0.6) is 5.75 Å². The number of ether oxygens (including phenoxy) is 1. The fourth-order valence-electron chi connectivity index (χ4n) is 3.12. The molecular weight excluding hydrogens is 314 g/mol. The standard InChI is InChI=1S/C19H23N5O/c1-13-18(11-20)23-17(10-14-5-4-6-16(9-14)25-3)19(21-13)22-15-7-8-24(2)12-15/h4-6,9,15H,7-8,10,12H2,1-3H3,(H,21,22)/t15-/m1/s1. The van der Waals surface area contributed by atoms with Crippen molar-refractivity contribution in [1.82, 2.24) is 14.9 Å².